The number of hydrogen-bond donors (Lipinski definition) is 2. The van der Waals surface area contributed by atoms with Gasteiger partial charge in [0.2, 0.25) is 10.0 Å². The summed E-state index contributed by atoms with van der Waals surface area (Å²) >= 11 is 11.7. The van der Waals surface area contributed by atoms with Crippen molar-refractivity contribution in [2.75, 3.05) is 17.0 Å². The third-order valence-electron chi connectivity index (χ3n) is 2.12. The van der Waals surface area contributed by atoms with E-state index in [9.17, 15) is 8.42 Å². The first kappa shape index (κ1) is 15.6. The van der Waals surface area contributed by atoms with Crippen LogP contribution < -0.4 is 10.0 Å². The van der Waals surface area contributed by atoms with Crippen LogP contribution in [0.4, 0.5) is 5.69 Å². The summed E-state index contributed by atoms with van der Waals surface area (Å²) in [7, 11) is -3.43. The molecule has 1 rings (SSSR count). The van der Waals surface area contributed by atoms with E-state index in [0.717, 1.165) is 0 Å². The molecule has 0 saturated heterocycles. The Labute approximate surface area is 118 Å². The molecule has 4 nitrogen and oxygen atoms in total. The number of halogens is 2. The van der Waals surface area contributed by atoms with E-state index in [0.29, 0.717) is 22.3 Å². The van der Waals surface area contributed by atoms with Gasteiger partial charge in [0.1, 0.15) is 0 Å². The van der Waals surface area contributed by atoms with E-state index >= 15 is 0 Å². The summed E-state index contributed by atoms with van der Waals surface area (Å²) in [5.74, 6) is -0.0198. The maximum absolute atomic E-state index is 11.8. The van der Waals surface area contributed by atoms with Crippen LogP contribution in [-0.2, 0) is 10.0 Å². The van der Waals surface area contributed by atoms with Crippen molar-refractivity contribution in [3.05, 3.63) is 28.2 Å². The molecule has 0 atom stereocenters. The molecular weight excluding hydrogens is 295 g/mol. The summed E-state index contributed by atoms with van der Waals surface area (Å²) in [4.78, 5) is 0. The summed E-state index contributed by atoms with van der Waals surface area (Å²) in [6, 6.07) is 4.88. The Kier molecular flexibility index (Phi) is 5.72. The quantitative estimate of drug-likeness (QED) is 0.849. The fourth-order valence-corrected chi connectivity index (χ4v) is 2.66. The van der Waals surface area contributed by atoms with Gasteiger partial charge >= 0.3 is 0 Å². The maximum Gasteiger partial charge on any atom is 0.234 e. The number of sulfonamides is 1. The van der Waals surface area contributed by atoms with Gasteiger partial charge in [-0.05, 0) is 18.2 Å². The van der Waals surface area contributed by atoms with Crippen molar-refractivity contribution in [2.45, 2.75) is 19.9 Å². The second-order valence-corrected chi connectivity index (χ2v) is 6.84. The lowest BCUT2D eigenvalue weighted by Crippen LogP contribution is -2.31. The first-order valence-electron chi connectivity index (χ1n) is 5.49. The number of anilines is 1. The zero-order chi connectivity index (χ0) is 13.8. The van der Waals surface area contributed by atoms with Gasteiger partial charge in [0, 0.05) is 17.6 Å². The summed E-state index contributed by atoms with van der Waals surface area (Å²) in [6.07, 6.45) is 0. The molecule has 102 valence electrons. The minimum atomic E-state index is -3.43. The fraction of sp³-hybridized carbons (Fsp3) is 0.455. The van der Waals surface area contributed by atoms with Crippen LogP contribution in [0.5, 0.6) is 0 Å². The van der Waals surface area contributed by atoms with Gasteiger partial charge in [0.15, 0.2) is 0 Å². The van der Waals surface area contributed by atoms with E-state index in [2.05, 4.69) is 10.0 Å². The van der Waals surface area contributed by atoms with Crippen LogP contribution in [-0.4, -0.2) is 26.8 Å². The molecule has 0 unspecified atom stereocenters. The summed E-state index contributed by atoms with van der Waals surface area (Å²) in [6.45, 7) is 4.28. The smallest absolute Gasteiger partial charge is 0.234 e. The zero-order valence-corrected chi connectivity index (χ0v) is 12.5. The highest BCUT2D eigenvalue weighted by molar-refractivity contribution is 7.92. The van der Waals surface area contributed by atoms with Crippen molar-refractivity contribution in [1.29, 1.82) is 0 Å². The Bertz CT molecular complexity index is 504. The van der Waals surface area contributed by atoms with Crippen LogP contribution in [0.3, 0.4) is 0 Å². The maximum atomic E-state index is 11.8. The molecule has 2 N–H and O–H groups in total. The average Bonchev–Trinajstić information content (AvgIpc) is 2.22. The predicted octanol–water partition coefficient (Wildman–Crippen LogP) is 2.73. The van der Waals surface area contributed by atoms with Crippen LogP contribution in [0, 0.1) is 0 Å². The van der Waals surface area contributed by atoms with Gasteiger partial charge in [0.05, 0.1) is 16.5 Å². The molecule has 7 heteroatoms. The second kappa shape index (κ2) is 6.61. The van der Waals surface area contributed by atoms with E-state index in [-0.39, 0.29) is 11.8 Å². The predicted molar refractivity (Wildman–Crippen MR) is 77.0 cm³/mol. The topological polar surface area (TPSA) is 58.2 Å². The fourth-order valence-electron chi connectivity index (χ4n) is 1.28. The number of benzene rings is 1. The van der Waals surface area contributed by atoms with E-state index in [1.165, 1.54) is 6.07 Å². The third kappa shape index (κ3) is 5.44. The van der Waals surface area contributed by atoms with E-state index in [1.807, 2.05) is 13.8 Å². The van der Waals surface area contributed by atoms with E-state index in [1.54, 1.807) is 12.1 Å². The molecule has 0 amide bonds. The molecule has 0 saturated carbocycles. The van der Waals surface area contributed by atoms with Crippen molar-refractivity contribution in [2.24, 2.45) is 0 Å². The number of rotatable bonds is 6. The van der Waals surface area contributed by atoms with Crippen molar-refractivity contribution in [1.82, 2.24) is 5.32 Å². The lowest BCUT2D eigenvalue weighted by atomic mass is 10.3. The minimum absolute atomic E-state index is 0.0198. The molecule has 0 spiro atoms. The lowest BCUT2D eigenvalue weighted by Gasteiger charge is -2.11. The lowest BCUT2D eigenvalue weighted by molar-refractivity contribution is 0.582. The molecule has 0 aromatic heterocycles. The van der Waals surface area contributed by atoms with Crippen LogP contribution >= 0.6 is 23.2 Å². The van der Waals surface area contributed by atoms with Crippen molar-refractivity contribution < 1.29 is 8.42 Å². The first-order chi connectivity index (χ1) is 8.30. The van der Waals surface area contributed by atoms with Crippen LogP contribution in [0.25, 0.3) is 0 Å². The monoisotopic (exact) mass is 310 g/mol. The SMILES string of the molecule is CC(C)NCCS(=O)(=O)Nc1cc(Cl)ccc1Cl. The number of hydrogen-bond acceptors (Lipinski definition) is 3. The molecule has 0 heterocycles. The van der Waals surface area contributed by atoms with Crippen LogP contribution in [0.2, 0.25) is 10.0 Å². The van der Waals surface area contributed by atoms with E-state index < -0.39 is 10.0 Å². The van der Waals surface area contributed by atoms with Gasteiger partial charge in [-0.3, -0.25) is 4.72 Å². The molecule has 0 fully saturated rings. The highest BCUT2D eigenvalue weighted by Gasteiger charge is 2.12. The first-order valence-corrected chi connectivity index (χ1v) is 7.90. The Hall–Kier alpha value is -0.490. The molecule has 0 aliphatic heterocycles. The van der Waals surface area contributed by atoms with Crippen molar-refractivity contribution >= 4 is 38.9 Å². The Morgan fingerprint density at radius 3 is 2.56 bits per heavy atom. The molecule has 0 radical (unpaired) electrons. The van der Waals surface area contributed by atoms with Gasteiger partial charge in [-0.25, -0.2) is 8.42 Å². The Morgan fingerprint density at radius 2 is 1.94 bits per heavy atom. The largest absolute Gasteiger partial charge is 0.313 e. The van der Waals surface area contributed by atoms with Gasteiger partial charge in [-0.15, -0.1) is 0 Å². The Balaban J connectivity index is 2.67. The molecule has 1 aromatic rings. The van der Waals surface area contributed by atoms with Gasteiger partial charge in [-0.2, -0.15) is 0 Å². The number of nitrogens with one attached hydrogen (secondary N) is 2. The van der Waals surface area contributed by atoms with E-state index in [4.69, 9.17) is 23.2 Å². The minimum Gasteiger partial charge on any atom is -0.313 e. The van der Waals surface area contributed by atoms with Crippen LogP contribution in [0.1, 0.15) is 13.8 Å². The summed E-state index contributed by atoms with van der Waals surface area (Å²) in [5, 5.41) is 3.78. The summed E-state index contributed by atoms with van der Waals surface area (Å²) in [5.41, 5.74) is 0.300. The van der Waals surface area contributed by atoms with Crippen LogP contribution in [0.15, 0.2) is 18.2 Å². The second-order valence-electron chi connectivity index (χ2n) is 4.15. The highest BCUT2D eigenvalue weighted by atomic mass is 35.5. The third-order valence-corrected chi connectivity index (χ3v) is 3.95. The molecular formula is C11H16Cl2N2O2S. The average molecular weight is 311 g/mol. The van der Waals surface area contributed by atoms with Gasteiger partial charge in [-0.1, -0.05) is 37.0 Å². The highest BCUT2D eigenvalue weighted by Crippen LogP contribution is 2.26. The van der Waals surface area contributed by atoms with Gasteiger partial charge < -0.3 is 5.32 Å². The van der Waals surface area contributed by atoms with Crippen molar-refractivity contribution in [3.63, 3.8) is 0 Å². The molecule has 0 aliphatic rings. The normalized spacial score (nSPS) is 11.8. The Morgan fingerprint density at radius 1 is 1.28 bits per heavy atom. The van der Waals surface area contributed by atoms with Crippen molar-refractivity contribution in [3.8, 4) is 0 Å². The molecule has 1 aromatic carbocycles. The summed E-state index contributed by atoms with van der Waals surface area (Å²) < 4.78 is 26.0. The zero-order valence-electron chi connectivity index (χ0n) is 10.2. The molecule has 0 bridgehead atoms. The van der Waals surface area contributed by atoms with Gasteiger partial charge in [0.25, 0.3) is 0 Å². The molecule has 0 aliphatic carbocycles. The standard InChI is InChI=1S/C11H16Cl2N2O2S/c1-8(2)14-5-6-18(16,17)15-11-7-9(12)3-4-10(11)13/h3-4,7-8,14-15H,5-6H2,1-2H3. The molecule has 18 heavy (non-hydrogen) atoms.